The van der Waals surface area contributed by atoms with Crippen LogP contribution in [-0.4, -0.2) is 53.3 Å². The number of amides is 4. The van der Waals surface area contributed by atoms with Crippen molar-refractivity contribution in [1.82, 2.24) is 15.6 Å². The van der Waals surface area contributed by atoms with Crippen molar-refractivity contribution in [3.05, 3.63) is 71.9 Å². The number of carboxylic acid groups (broad SMARTS) is 1. The van der Waals surface area contributed by atoms with Gasteiger partial charge in [-0.1, -0.05) is 44.2 Å². The molecule has 248 valence electrons. The molecule has 2 unspecified atom stereocenters. The van der Waals surface area contributed by atoms with Crippen molar-refractivity contribution < 1.29 is 38.5 Å². The number of anilines is 2. The number of hydrogen-bond donors (Lipinski definition) is 5. The molecular formula is C34H39N5O8. The lowest BCUT2D eigenvalue weighted by molar-refractivity contribution is -0.138. The Morgan fingerprint density at radius 2 is 1.72 bits per heavy atom. The van der Waals surface area contributed by atoms with E-state index in [1.807, 2.05) is 13.0 Å². The Morgan fingerprint density at radius 3 is 2.47 bits per heavy atom. The first-order valence-corrected chi connectivity index (χ1v) is 15.7. The summed E-state index contributed by atoms with van der Waals surface area (Å²) in [5, 5.41) is 20.7. The second-order valence-corrected chi connectivity index (χ2v) is 11.7. The number of aryl methyl sites for hydroxylation is 1. The molecule has 2 aliphatic rings. The Kier molecular flexibility index (Phi) is 11.1. The molecule has 2 atom stereocenters. The van der Waals surface area contributed by atoms with Gasteiger partial charge in [-0.3, -0.25) is 19.7 Å². The number of nitrogens with one attached hydrogen (secondary N) is 4. The molecule has 47 heavy (non-hydrogen) atoms. The van der Waals surface area contributed by atoms with Gasteiger partial charge in [0.1, 0.15) is 17.6 Å². The van der Waals surface area contributed by atoms with E-state index in [-0.39, 0.29) is 25.7 Å². The Bertz CT molecular complexity index is 1570. The van der Waals surface area contributed by atoms with E-state index in [0.717, 1.165) is 37.7 Å². The summed E-state index contributed by atoms with van der Waals surface area (Å²) >= 11 is 0. The van der Waals surface area contributed by atoms with E-state index >= 15 is 0 Å². The van der Waals surface area contributed by atoms with Crippen LogP contribution in [0.5, 0.6) is 17.2 Å². The van der Waals surface area contributed by atoms with Gasteiger partial charge in [-0.15, -0.1) is 0 Å². The van der Waals surface area contributed by atoms with E-state index in [9.17, 15) is 24.3 Å². The first-order valence-electron chi connectivity index (χ1n) is 15.7. The smallest absolute Gasteiger partial charge is 0.324 e. The number of benzene rings is 2. The fourth-order valence-corrected chi connectivity index (χ4v) is 5.72. The maximum Gasteiger partial charge on any atom is 0.324 e. The third-order valence-corrected chi connectivity index (χ3v) is 8.16. The minimum atomic E-state index is -1.08. The topological polar surface area (TPSA) is 177 Å². The summed E-state index contributed by atoms with van der Waals surface area (Å²) in [5.74, 6) is 0.0729. The number of carbonyl (C=O) groups excluding carboxylic acids is 3. The van der Waals surface area contributed by atoms with Crippen LogP contribution in [0.4, 0.5) is 16.3 Å². The van der Waals surface area contributed by atoms with Crippen molar-refractivity contribution in [2.75, 3.05) is 24.0 Å². The molecule has 1 saturated carbocycles. The highest BCUT2D eigenvalue weighted by Gasteiger charge is 2.29. The molecule has 4 amide bonds. The standard InChI is InChI=1S/C34H39N5O8/c1-21-6-5-15-35-32(21)39-34(44)36-24-10-12-25(13-11-24)45-19-30(40)37-27(16-22-7-3-2-4-8-22)33(43)38-26(18-31(41)42)23-9-14-28-29(17-23)47-20-46-28/h5-6,9-15,17,22,26-27H,2-4,7-8,16,18-20H2,1H3,(H,37,40)(H,38,43)(H,41,42)(H2,35,36,39,44). The van der Waals surface area contributed by atoms with Gasteiger partial charge in [-0.2, -0.15) is 0 Å². The minimum absolute atomic E-state index is 0.0664. The van der Waals surface area contributed by atoms with Gasteiger partial charge in [0.15, 0.2) is 18.1 Å². The second-order valence-electron chi connectivity index (χ2n) is 11.7. The summed E-state index contributed by atoms with van der Waals surface area (Å²) in [6.07, 6.45) is 6.84. The van der Waals surface area contributed by atoms with Crippen molar-refractivity contribution in [3.8, 4) is 17.2 Å². The monoisotopic (exact) mass is 645 g/mol. The minimum Gasteiger partial charge on any atom is -0.484 e. The highest BCUT2D eigenvalue weighted by Crippen LogP contribution is 2.35. The molecule has 2 aromatic carbocycles. The van der Waals surface area contributed by atoms with E-state index in [1.54, 1.807) is 54.7 Å². The quantitative estimate of drug-likeness (QED) is 0.172. The van der Waals surface area contributed by atoms with Crippen LogP contribution < -0.4 is 35.5 Å². The maximum atomic E-state index is 13.6. The van der Waals surface area contributed by atoms with Gasteiger partial charge >= 0.3 is 12.0 Å². The van der Waals surface area contributed by atoms with Gasteiger partial charge in [0.2, 0.25) is 12.7 Å². The van der Waals surface area contributed by atoms with Crippen LogP contribution in [-0.2, 0) is 14.4 Å². The molecule has 3 aromatic rings. The molecule has 13 heteroatoms. The number of ether oxygens (including phenoxy) is 3. The van der Waals surface area contributed by atoms with E-state index in [1.165, 1.54) is 0 Å². The number of hydrogen-bond acceptors (Lipinski definition) is 8. The molecule has 0 spiro atoms. The average molecular weight is 646 g/mol. The SMILES string of the molecule is Cc1cccnc1NC(=O)Nc1ccc(OCC(=O)NC(CC2CCCCC2)C(=O)NC(CC(=O)O)c2ccc3c(c2)OCO3)cc1. The van der Waals surface area contributed by atoms with Gasteiger partial charge in [-0.05, 0) is 72.9 Å². The van der Waals surface area contributed by atoms with Crippen molar-refractivity contribution >= 4 is 35.3 Å². The highest BCUT2D eigenvalue weighted by molar-refractivity contribution is 5.99. The molecule has 2 heterocycles. The number of rotatable bonds is 13. The summed E-state index contributed by atoms with van der Waals surface area (Å²) in [4.78, 5) is 54.9. The third-order valence-electron chi connectivity index (χ3n) is 8.16. The van der Waals surface area contributed by atoms with Gasteiger partial charge < -0.3 is 35.3 Å². The van der Waals surface area contributed by atoms with Crippen LogP contribution in [0.15, 0.2) is 60.8 Å². The normalized spacial score (nSPS) is 15.2. The second kappa shape index (κ2) is 15.8. The molecule has 1 aromatic heterocycles. The summed E-state index contributed by atoms with van der Waals surface area (Å²) in [7, 11) is 0. The number of carbonyl (C=O) groups is 4. The zero-order valence-electron chi connectivity index (χ0n) is 26.1. The number of aromatic nitrogens is 1. The van der Waals surface area contributed by atoms with Crippen LogP contribution in [0.3, 0.4) is 0 Å². The third kappa shape index (κ3) is 9.58. The zero-order chi connectivity index (χ0) is 33.2. The number of aliphatic carboxylic acids is 1. The molecule has 13 nitrogen and oxygen atoms in total. The summed E-state index contributed by atoms with van der Waals surface area (Å²) in [6, 6.07) is 13.0. The maximum absolute atomic E-state index is 13.6. The molecule has 1 aliphatic heterocycles. The summed E-state index contributed by atoms with van der Waals surface area (Å²) < 4.78 is 16.5. The van der Waals surface area contributed by atoms with Crippen molar-refractivity contribution in [2.24, 2.45) is 5.92 Å². The molecular weight excluding hydrogens is 606 g/mol. The van der Waals surface area contributed by atoms with Gasteiger partial charge in [0.05, 0.1) is 12.5 Å². The molecule has 0 saturated heterocycles. The van der Waals surface area contributed by atoms with Crippen LogP contribution >= 0.6 is 0 Å². The molecule has 0 bridgehead atoms. The van der Waals surface area contributed by atoms with Crippen molar-refractivity contribution in [2.45, 2.75) is 64.0 Å². The van der Waals surface area contributed by atoms with Gasteiger partial charge in [0.25, 0.3) is 5.91 Å². The zero-order valence-corrected chi connectivity index (χ0v) is 26.1. The Labute approximate surface area is 272 Å². The number of carboxylic acids is 1. The number of pyridine rings is 1. The van der Waals surface area contributed by atoms with E-state index in [4.69, 9.17) is 14.2 Å². The van der Waals surface area contributed by atoms with E-state index in [0.29, 0.717) is 40.7 Å². The largest absolute Gasteiger partial charge is 0.484 e. The molecule has 5 N–H and O–H groups in total. The van der Waals surface area contributed by atoms with Crippen LogP contribution in [0, 0.1) is 12.8 Å². The molecule has 0 radical (unpaired) electrons. The average Bonchev–Trinajstić information content (AvgIpc) is 3.53. The van der Waals surface area contributed by atoms with Crippen molar-refractivity contribution in [3.63, 3.8) is 0 Å². The number of fused-ring (bicyclic) bond motifs is 1. The van der Waals surface area contributed by atoms with Gasteiger partial charge in [0, 0.05) is 11.9 Å². The first kappa shape index (κ1) is 33.0. The van der Waals surface area contributed by atoms with E-state index < -0.39 is 35.9 Å². The summed E-state index contributed by atoms with van der Waals surface area (Å²) in [6.45, 7) is 1.56. The van der Waals surface area contributed by atoms with Crippen LogP contribution in [0.2, 0.25) is 0 Å². The lowest BCUT2D eigenvalue weighted by Crippen LogP contribution is -2.50. The number of urea groups is 1. The predicted octanol–water partition coefficient (Wildman–Crippen LogP) is 4.93. The van der Waals surface area contributed by atoms with Gasteiger partial charge in [-0.25, -0.2) is 9.78 Å². The molecule has 5 rings (SSSR count). The lowest BCUT2D eigenvalue weighted by Gasteiger charge is -2.28. The van der Waals surface area contributed by atoms with Crippen LogP contribution in [0.25, 0.3) is 0 Å². The highest BCUT2D eigenvalue weighted by atomic mass is 16.7. The Hall–Kier alpha value is -5.33. The first-order chi connectivity index (χ1) is 22.7. The lowest BCUT2D eigenvalue weighted by atomic mass is 9.84. The van der Waals surface area contributed by atoms with Crippen molar-refractivity contribution in [1.29, 1.82) is 0 Å². The molecule has 1 aliphatic carbocycles. The predicted molar refractivity (Wildman–Crippen MR) is 172 cm³/mol. The Morgan fingerprint density at radius 1 is 0.957 bits per heavy atom. The Balaban J connectivity index is 1.18. The van der Waals surface area contributed by atoms with E-state index in [2.05, 4.69) is 26.3 Å². The number of nitrogens with zero attached hydrogens (tertiary/aromatic N) is 1. The summed E-state index contributed by atoms with van der Waals surface area (Å²) in [5.41, 5.74) is 1.89. The molecule has 1 fully saturated rings. The fraction of sp³-hybridized carbons (Fsp3) is 0.382. The van der Waals surface area contributed by atoms with Crippen LogP contribution in [0.1, 0.15) is 62.1 Å². The fourth-order valence-electron chi connectivity index (χ4n) is 5.72.